The van der Waals surface area contributed by atoms with Crippen molar-refractivity contribution in [2.75, 3.05) is 25.5 Å². The Morgan fingerprint density at radius 3 is 2.43 bits per heavy atom. The SMILES string of the molecule is CN1CCC(NC(=O)Nc2ccc(F)cc2)(C(=N)N)CC1. The van der Waals surface area contributed by atoms with Crippen LogP contribution in [-0.4, -0.2) is 42.4 Å². The summed E-state index contributed by atoms with van der Waals surface area (Å²) in [5.41, 5.74) is 5.36. The number of nitrogens with two attached hydrogens (primary N) is 1. The lowest BCUT2D eigenvalue weighted by Gasteiger charge is -2.40. The molecule has 1 saturated heterocycles. The van der Waals surface area contributed by atoms with Crippen molar-refractivity contribution in [3.05, 3.63) is 30.1 Å². The lowest BCUT2D eigenvalue weighted by atomic mass is 9.86. The van der Waals surface area contributed by atoms with E-state index >= 15 is 0 Å². The van der Waals surface area contributed by atoms with Crippen molar-refractivity contribution < 1.29 is 9.18 Å². The fraction of sp³-hybridized carbons (Fsp3) is 0.429. The van der Waals surface area contributed by atoms with Crippen LogP contribution in [-0.2, 0) is 0 Å². The molecule has 0 radical (unpaired) electrons. The average Bonchev–Trinajstić information content (AvgIpc) is 2.44. The third-order valence-electron chi connectivity index (χ3n) is 3.81. The molecule has 1 aromatic rings. The molecule has 0 unspecified atom stereocenters. The molecule has 1 aromatic carbocycles. The van der Waals surface area contributed by atoms with Gasteiger partial charge in [0.2, 0.25) is 0 Å². The summed E-state index contributed by atoms with van der Waals surface area (Å²) in [5, 5.41) is 13.2. The molecule has 7 heteroatoms. The van der Waals surface area contributed by atoms with Crippen LogP contribution in [0.4, 0.5) is 14.9 Å². The number of benzene rings is 1. The first-order valence-electron chi connectivity index (χ1n) is 6.79. The van der Waals surface area contributed by atoms with E-state index < -0.39 is 11.6 Å². The molecule has 0 spiro atoms. The van der Waals surface area contributed by atoms with Crippen molar-refractivity contribution in [1.29, 1.82) is 5.41 Å². The molecule has 0 aliphatic carbocycles. The van der Waals surface area contributed by atoms with Crippen LogP contribution in [0.5, 0.6) is 0 Å². The number of rotatable bonds is 3. The number of anilines is 1. The van der Waals surface area contributed by atoms with E-state index in [4.69, 9.17) is 11.1 Å². The molecule has 1 aliphatic heterocycles. The van der Waals surface area contributed by atoms with Crippen molar-refractivity contribution in [3.8, 4) is 0 Å². The lowest BCUT2D eigenvalue weighted by molar-refractivity contribution is 0.198. The maximum Gasteiger partial charge on any atom is 0.320 e. The van der Waals surface area contributed by atoms with Gasteiger partial charge in [-0.1, -0.05) is 0 Å². The maximum absolute atomic E-state index is 12.8. The van der Waals surface area contributed by atoms with Crippen LogP contribution in [0, 0.1) is 11.2 Å². The topological polar surface area (TPSA) is 94.2 Å². The third-order valence-corrected chi connectivity index (χ3v) is 3.81. The zero-order valence-electron chi connectivity index (χ0n) is 11.9. The minimum atomic E-state index is -0.809. The average molecular weight is 293 g/mol. The zero-order valence-corrected chi connectivity index (χ0v) is 11.9. The highest BCUT2D eigenvalue weighted by Gasteiger charge is 2.38. The van der Waals surface area contributed by atoms with Gasteiger partial charge in [-0.2, -0.15) is 0 Å². The molecule has 114 valence electrons. The smallest absolute Gasteiger partial charge is 0.320 e. The van der Waals surface area contributed by atoms with Crippen LogP contribution in [0.2, 0.25) is 0 Å². The molecule has 1 fully saturated rings. The second-order valence-electron chi connectivity index (χ2n) is 5.39. The monoisotopic (exact) mass is 293 g/mol. The summed E-state index contributed by atoms with van der Waals surface area (Å²) in [5.74, 6) is -0.402. The molecule has 21 heavy (non-hydrogen) atoms. The Balaban J connectivity index is 2.02. The number of carbonyl (C=O) groups excluding carboxylic acids is 1. The van der Waals surface area contributed by atoms with Crippen LogP contribution >= 0.6 is 0 Å². The first-order chi connectivity index (χ1) is 9.91. The minimum Gasteiger partial charge on any atom is -0.386 e. The van der Waals surface area contributed by atoms with E-state index in [0.717, 1.165) is 13.1 Å². The molecule has 1 heterocycles. The molecule has 0 saturated carbocycles. The largest absolute Gasteiger partial charge is 0.386 e. The summed E-state index contributed by atoms with van der Waals surface area (Å²) in [6.45, 7) is 1.52. The van der Waals surface area contributed by atoms with Gasteiger partial charge in [0, 0.05) is 18.8 Å². The summed E-state index contributed by atoms with van der Waals surface area (Å²) in [6.07, 6.45) is 1.19. The molecule has 0 aromatic heterocycles. The molecular formula is C14H20FN5O. The highest BCUT2D eigenvalue weighted by Crippen LogP contribution is 2.21. The Morgan fingerprint density at radius 1 is 1.33 bits per heavy atom. The number of amidine groups is 1. The van der Waals surface area contributed by atoms with Gasteiger partial charge in [-0.15, -0.1) is 0 Å². The van der Waals surface area contributed by atoms with Crippen LogP contribution in [0.1, 0.15) is 12.8 Å². The van der Waals surface area contributed by atoms with Crippen molar-refractivity contribution in [3.63, 3.8) is 0 Å². The van der Waals surface area contributed by atoms with E-state index in [9.17, 15) is 9.18 Å². The standard InChI is InChI=1S/C14H20FN5O/c1-20-8-6-14(7-9-20,12(16)17)19-13(21)18-11-4-2-10(15)3-5-11/h2-5H,6-9H2,1H3,(H3,16,17)(H2,18,19,21). The first kappa shape index (κ1) is 15.2. The van der Waals surface area contributed by atoms with Gasteiger partial charge in [0.15, 0.2) is 0 Å². The fourth-order valence-corrected chi connectivity index (χ4v) is 2.37. The van der Waals surface area contributed by atoms with E-state index in [1.807, 2.05) is 7.05 Å². The number of nitrogens with one attached hydrogen (secondary N) is 3. The predicted octanol–water partition coefficient (Wildman–Crippen LogP) is 1.35. The Labute approximate surface area is 123 Å². The van der Waals surface area contributed by atoms with Crippen molar-refractivity contribution >= 4 is 17.6 Å². The second kappa shape index (κ2) is 6.09. The number of hydrogen-bond acceptors (Lipinski definition) is 3. The normalized spacial score (nSPS) is 18.0. The van der Waals surface area contributed by atoms with E-state index in [1.165, 1.54) is 24.3 Å². The summed E-state index contributed by atoms with van der Waals surface area (Å²) in [6, 6.07) is 5.05. The third kappa shape index (κ3) is 3.69. The van der Waals surface area contributed by atoms with Gasteiger partial charge in [0.1, 0.15) is 17.2 Å². The molecule has 5 N–H and O–H groups in total. The molecule has 0 atom stereocenters. The molecule has 2 amide bonds. The number of amides is 2. The Hall–Kier alpha value is -2.15. The predicted molar refractivity (Wildman–Crippen MR) is 79.9 cm³/mol. The second-order valence-corrected chi connectivity index (χ2v) is 5.39. The Bertz CT molecular complexity index is 523. The van der Waals surface area contributed by atoms with Gasteiger partial charge in [0.25, 0.3) is 0 Å². The number of halogens is 1. The quantitative estimate of drug-likeness (QED) is 0.500. The van der Waals surface area contributed by atoms with Gasteiger partial charge in [-0.25, -0.2) is 9.18 Å². The molecule has 1 aliphatic rings. The van der Waals surface area contributed by atoms with Gasteiger partial charge in [0.05, 0.1) is 0 Å². The zero-order chi connectivity index (χ0) is 15.5. The van der Waals surface area contributed by atoms with E-state index in [1.54, 1.807) is 0 Å². The van der Waals surface area contributed by atoms with Crippen LogP contribution in [0.3, 0.4) is 0 Å². The number of likely N-dealkylation sites (tertiary alicyclic amines) is 1. The minimum absolute atomic E-state index is 0.0372. The molecular weight excluding hydrogens is 273 g/mol. The van der Waals surface area contributed by atoms with E-state index in [2.05, 4.69) is 15.5 Å². The van der Waals surface area contributed by atoms with Crippen molar-refractivity contribution in [2.45, 2.75) is 18.4 Å². The van der Waals surface area contributed by atoms with Crippen LogP contribution in [0.15, 0.2) is 24.3 Å². The summed E-state index contributed by atoms with van der Waals surface area (Å²) in [4.78, 5) is 14.2. The van der Waals surface area contributed by atoms with Gasteiger partial charge >= 0.3 is 6.03 Å². The van der Waals surface area contributed by atoms with Crippen molar-refractivity contribution in [1.82, 2.24) is 10.2 Å². The maximum atomic E-state index is 12.8. The van der Waals surface area contributed by atoms with Crippen LogP contribution < -0.4 is 16.4 Å². The number of piperidine rings is 1. The molecule has 2 rings (SSSR count). The number of hydrogen-bond donors (Lipinski definition) is 4. The number of urea groups is 1. The molecule has 6 nitrogen and oxygen atoms in total. The highest BCUT2D eigenvalue weighted by atomic mass is 19.1. The Morgan fingerprint density at radius 2 is 1.90 bits per heavy atom. The lowest BCUT2D eigenvalue weighted by Crippen LogP contribution is -2.62. The molecule has 0 bridgehead atoms. The van der Waals surface area contributed by atoms with Crippen LogP contribution in [0.25, 0.3) is 0 Å². The van der Waals surface area contributed by atoms with Gasteiger partial charge in [-0.3, -0.25) is 5.41 Å². The summed E-state index contributed by atoms with van der Waals surface area (Å²) >= 11 is 0. The highest BCUT2D eigenvalue weighted by molar-refractivity contribution is 5.96. The number of carbonyl (C=O) groups is 1. The summed E-state index contributed by atoms with van der Waals surface area (Å²) < 4.78 is 12.8. The fourth-order valence-electron chi connectivity index (χ4n) is 2.37. The summed E-state index contributed by atoms with van der Waals surface area (Å²) in [7, 11) is 1.99. The Kier molecular flexibility index (Phi) is 4.42. The number of nitrogens with zero attached hydrogens (tertiary/aromatic N) is 1. The van der Waals surface area contributed by atoms with Gasteiger partial charge in [-0.05, 0) is 44.2 Å². The van der Waals surface area contributed by atoms with E-state index in [-0.39, 0.29) is 11.7 Å². The van der Waals surface area contributed by atoms with Crippen molar-refractivity contribution in [2.24, 2.45) is 5.73 Å². The van der Waals surface area contributed by atoms with Gasteiger partial charge < -0.3 is 21.3 Å². The first-order valence-corrected chi connectivity index (χ1v) is 6.79. The van der Waals surface area contributed by atoms with E-state index in [0.29, 0.717) is 18.5 Å².